The van der Waals surface area contributed by atoms with Gasteiger partial charge in [-0.05, 0) is 34.9 Å². The maximum atomic E-state index is 12.6. The van der Waals surface area contributed by atoms with E-state index < -0.39 is 10.2 Å². The van der Waals surface area contributed by atoms with E-state index in [-0.39, 0.29) is 6.04 Å². The zero-order valence-electron chi connectivity index (χ0n) is 11.3. The van der Waals surface area contributed by atoms with Gasteiger partial charge in [-0.2, -0.15) is 17.0 Å². The molecule has 0 saturated heterocycles. The van der Waals surface area contributed by atoms with Crippen molar-refractivity contribution < 1.29 is 8.42 Å². The van der Waals surface area contributed by atoms with Crippen molar-refractivity contribution in [2.24, 2.45) is 0 Å². The zero-order valence-corrected chi connectivity index (χ0v) is 13.8. The van der Waals surface area contributed by atoms with E-state index in [1.54, 1.807) is 41.1 Å². The van der Waals surface area contributed by atoms with Crippen molar-refractivity contribution in [3.63, 3.8) is 0 Å². The van der Waals surface area contributed by atoms with Crippen LogP contribution in [-0.2, 0) is 16.6 Å². The van der Waals surface area contributed by atoms with E-state index in [1.165, 1.54) is 9.18 Å². The highest BCUT2D eigenvalue weighted by atomic mass is 32.2. The van der Waals surface area contributed by atoms with Gasteiger partial charge in [0.2, 0.25) is 0 Å². The summed E-state index contributed by atoms with van der Waals surface area (Å²) in [5.74, 6) is 0. The molecular formula is C13H16N2O2S3. The molecule has 0 aliphatic carbocycles. The summed E-state index contributed by atoms with van der Waals surface area (Å²) in [5.41, 5.74) is 1.13. The lowest BCUT2D eigenvalue weighted by Crippen LogP contribution is -2.45. The summed E-state index contributed by atoms with van der Waals surface area (Å²) in [4.78, 5) is 2.38. The van der Waals surface area contributed by atoms with E-state index in [9.17, 15) is 8.42 Å². The molecule has 1 aliphatic heterocycles. The van der Waals surface area contributed by atoms with Crippen LogP contribution < -0.4 is 0 Å². The van der Waals surface area contributed by atoms with Gasteiger partial charge in [-0.15, -0.1) is 22.7 Å². The molecule has 1 aliphatic rings. The normalized spacial score (nSPS) is 20.2. The number of nitrogens with zero attached hydrogens (tertiary/aromatic N) is 2. The lowest BCUT2D eigenvalue weighted by atomic mass is 10.0. The Morgan fingerprint density at radius 1 is 1.25 bits per heavy atom. The quantitative estimate of drug-likeness (QED) is 0.869. The van der Waals surface area contributed by atoms with Crippen molar-refractivity contribution in [2.45, 2.75) is 12.5 Å². The molecule has 0 fully saturated rings. The number of hydrogen-bond acceptors (Lipinski definition) is 4. The van der Waals surface area contributed by atoms with Crippen molar-refractivity contribution in [2.75, 3.05) is 20.6 Å². The molecule has 2 aromatic heterocycles. The van der Waals surface area contributed by atoms with E-state index in [0.29, 0.717) is 6.54 Å². The molecule has 0 radical (unpaired) electrons. The summed E-state index contributed by atoms with van der Waals surface area (Å²) in [6, 6.07) is 5.86. The average molecular weight is 328 g/mol. The lowest BCUT2D eigenvalue weighted by molar-refractivity contribution is 0.325. The highest BCUT2D eigenvalue weighted by Gasteiger charge is 2.38. The SMILES string of the molecule is CN(C)S(=O)(=O)N1CCc2sccc2[C@H]1c1cccs1. The van der Waals surface area contributed by atoms with Gasteiger partial charge in [0.05, 0.1) is 6.04 Å². The van der Waals surface area contributed by atoms with E-state index in [0.717, 1.165) is 16.9 Å². The zero-order chi connectivity index (χ0) is 14.3. The lowest BCUT2D eigenvalue weighted by Gasteiger charge is -2.35. The van der Waals surface area contributed by atoms with E-state index in [2.05, 4.69) is 11.4 Å². The van der Waals surface area contributed by atoms with Crippen LogP contribution in [0.1, 0.15) is 21.4 Å². The topological polar surface area (TPSA) is 40.6 Å². The molecule has 3 rings (SSSR count). The van der Waals surface area contributed by atoms with Crippen LogP contribution in [0.2, 0.25) is 0 Å². The van der Waals surface area contributed by atoms with E-state index >= 15 is 0 Å². The molecular weight excluding hydrogens is 312 g/mol. The molecule has 1 atom stereocenters. The Morgan fingerprint density at radius 2 is 2.05 bits per heavy atom. The molecule has 20 heavy (non-hydrogen) atoms. The van der Waals surface area contributed by atoms with Crippen molar-refractivity contribution in [1.29, 1.82) is 0 Å². The second kappa shape index (κ2) is 5.23. The first kappa shape index (κ1) is 14.2. The molecule has 0 saturated carbocycles. The fourth-order valence-corrected chi connectivity index (χ4v) is 5.55. The van der Waals surface area contributed by atoms with E-state index in [4.69, 9.17) is 0 Å². The van der Waals surface area contributed by atoms with Crippen LogP contribution in [0.4, 0.5) is 0 Å². The second-order valence-corrected chi connectivity index (χ2v) is 8.94. The first-order chi connectivity index (χ1) is 9.51. The van der Waals surface area contributed by atoms with Gasteiger partial charge >= 0.3 is 0 Å². The standard InChI is InChI=1S/C13H16N2O2S3/c1-14(2)20(16,17)15-7-5-11-10(6-9-19-11)13(15)12-4-3-8-18-12/h3-4,6,8-9,13H,5,7H2,1-2H3/t13-/m0/s1. The molecule has 3 heterocycles. The molecule has 0 bridgehead atoms. The molecule has 0 N–H and O–H groups in total. The predicted octanol–water partition coefficient (Wildman–Crippen LogP) is 2.56. The van der Waals surface area contributed by atoms with Crippen molar-refractivity contribution in [1.82, 2.24) is 8.61 Å². The summed E-state index contributed by atoms with van der Waals surface area (Å²) in [6.45, 7) is 0.538. The van der Waals surface area contributed by atoms with Gasteiger partial charge in [-0.25, -0.2) is 0 Å². The first-order valence-electron chi connectivity index (χ1n) is 6.31. The largest absolute Gasteiger partial charge is 0.282 e. The highest BCUT2D eigenvalue weighted by Crippen LogP contribution is 2.41. The Hall–Kier alpha value is -0.730. The van der Waals surface area contributed by atoms with Crippen LogP contribution >= 0.6 is 22.7 Å². The second-order valence-electron chi connectivity index (χ2n) is 4.87. The third-order valence-electron chi connectivity index (χ3n) is 3.49. The van der Waals surface area contributed by atoms with Gasteiger partial charge < -0.3 is 0 Å². The van der Waals surface area contributed by atoms with Crippen LogP contribution in [-0.4, -0.2) is 37.7 Å². The predicted molar refractivity (Wildman–Crippen MR) is 83.5 cm³/mol. The minimum Gasteiger partial charge on any atom is -0.195 e. The fourth-order valence-electron chi connectivity index (χ4n) is 2.49. The summed E-state index contributed by atoms with van der Waals surface area (Å²) < 4.78 is 28.1. The minimum atomic E-state index is -3.42. The molecule has 0 unspecified atom stereocenters. The van der Waals surface area contributed by atoms with Crippen LogP contribution in [0.15, 0.2) is 29.0 Å². The number of thiophene rings is 2. The van der Waals surface area contributed by atoms with Gasteiger partial charge in [-0.3, -0.25) is 0 Å². The summed E-state index contributed by atoms with van der Waals surface area (Å²) in [7, 11) is -0.243. The van der Waals surface area contributed by atoms with Crippen LogP contribution in [0, 0.1) is 0 Å². The van der Waals surface area contributed by atoms with Gasteiger partial charge in [0.1, 0.15) is 0 Å². The van der Waals surface area contributed by atoms with Crippen molar-refractivity contribution in [3.8, 4) is 0 Å². The Kier molecular flexibility index (Phi) is 3.72. The van der Waals surface area contributed by atoms with Gasteiger partial charge in [-0.1, -0.05) is 6.07 Å². The molecule has 7 heteroatoms. The number of fused-ring (bicyclic) bond motifs is 1. The Balaban J connectivity index is 2.12. The summed E-state index contributed by atoms with van der Waals surface area (Å²) >= 11 is 3.33. The summed E-state index contributed by atoms with van der Waals surface area (Å²) in [5, 5.41) is 4.05. The van der Waals surface area contributed by atoms with Crippen LogP contribution in [0.5, 0.6) is 0 Å². The molecule has 2 aromatic rings. The molecule has 108 valence electrons. The highest BCUT2D eigenvalue weighted by molar-refractivity contribution is 7.86. The summed E-state index contributed by atoms with van der Waals surface area (Å²) in [6.07, 6.45) is 0.794. The smallest absolute Gasteiger partial charge is 0.195 e. The van der Waals surface area contributed by atoms with Gasteiger partial charge in [0.25, 0.3) is 10.2 Å². The van der Waals surface area contributed by atoms with Gasteiger partial charge in [0.15, 0.2) is 0 Å². The fraction of sp³-hybridized carbons (Fsp3) is 0.385. The Labute approximate surface area is 127 Å². The molecule has 0 amide bonds. The van der Waals surface area contributed by atoms with Crippen LogP contribution in [0.25, 0.3) is 0 Å². The monoisotopic (exact) mass is 328 g/mol. The maximum absolute atomic E-state index is 12.6. The van der Waals surface area contributed by atoms with E-state index in [1.807, 2.05) is 17.5 Å². The van der Waals surface area contributed by atoms with Crippen LogP contribution in [0.3, 0.4) is 0 Å². The minimum absolute atomic E-state index is 0.183. The van der Waals surface area contributed by atoms with Crippen molar-refractivity contribution >= 4 is 32.9 Å². The average Bonchev–Trinajstić information content (AvgIpc) is 3.08. The first-order valence-corrected chi connectivity index (χ1v) is 9.46. The Bertz CT molecular complexity index is 689. The maximum Gasteiger partial charge on any atom is 0.282 e. The molecule has 0 spiro atoms. The Morgan fingerprint density at radius 3 is 2.70 bits per heavy atom. The molecule has 4 nitrogen and oxygen atoms in total. The van der Waals surface area contributed by atoms with Gasteiger partial charge in [0, 0.05) is 30.4 Å². The third kappa shape index (κ3) is 2.23. The number of rotatable bonds is 3. The van der Waals surface area contributed by atoms with Crippen molar-refractivity contribution in [3.05, 3.63) is 44.3 Å². The third-order valence-corrected chi connectivity index (χ3v) is 7.32. The number of hydrogen-bond donors (Lipinski definition) is 0. The molecule has 0 aromatic carbocycles.